The van der Waals surface area contributed by atoms with E-state index in [1.807, 2.05) is 0 Å². The van der Waals surface area contributed by atoms with E-state index in [0.717, 1.165) is 0 Å². The van der Waals surface area contributed by atoms with Gasteiger partial charge in [0.25, 0.3) is 5.95 Å². The number of ketones is 1. The molecule has 1 unspecified atom stereocenters. The molecule has 1 rings (SSSR count). The highest BCUT2D eigenvalue weighted by Crippen LogP contribution is 2.16. The van der Waals surface area contributed by atoms with Crippen LogP contribution in [0.5, 0.6) is 0 Å². The van der Waals surface area contributed by atoms with Crippen molar-refractivity contribution in [1.29, 1.82) is 0 Å². The molecule has 0 aromatic carbocycles. The van der Waals surface area contributed by atoms with Gasteiger partial charge in [0, 0.05) is 0 Å². The van der Waals surface area contributed by atoms with E-state index < -0.39 is 12.2 Å². The van der Waals surface area contributed by atoms with Crippen molar-refractivity contribution >= 4 is 5.78 Å². The van der Waals surface area contributed by atoms with E-state index in [9.17, 15) is 4.79 Å². The van der Waals surface area contributed by atoms with Crippen molar-refractivity contribution in [2.45, 2.75) is 19.6 Å². The minimum absolute atomic E-state index is 0.0735. The number of hydrogen-bond acceptors (Lipinski definition) is 4. The highest BCUT2D eigenvalue weighted by Gasteiger charge is 2.24. The van der Waals surface area contributed by atoms with Crippen LogP contribution >= 0.6 is 0 Å². The van der Waals surface area contributed by atoms with Gasteiger partial charge in [-0.15, -0.1) is 0 Å². The number of carbonyl (C=O) groups is 1. The van der Waals surface area contributed by atoms with Gasteiger partial charge >= 0.3 is 0 Å². The first-order valence-electron chi connectivity index (χ1n) is 2.89. The highest BCUT2D eigenvalue weighted by atomic mass is 16.7. The fourth-order valence-corrected chi connectivity index (χ4v) is 0.690. The van der Waals surface area contributed by atoms with Crippen LogP contribution in [0.4, 0.5) is 0 Å². The zero-order valence-corrected chi connectivity index (χ0v) is 5.50. The fourth-order valence-electron chi connectivity index (χ4n) is 0.690. The van der Waals surface area contributed by atoms with E-state index in [4.69, 9.17) is 10.2 Å². The van der Waals surface area contributed by atoms with Crippen molar-refractivity contribution in [3.8, 4) is 0 Å². The fraction of sp³-hybridized carbons (Fsp3) is 0.500. The van der Waals surface area contributed by atoms with Crippen molar-refractivity contribution in [2.24, 2.45) is 0 Å². The molecule has 0 aromatic rings. The number of Topliss-reactive ketones (excluding diaryl/α,β-unsaturated/α-hetero) is 1. The first-order chi connectivity index (χ1) is 4.61. The second kappa shape index (κ2) is 2.30. The van der Waals surface area contributed by atoms with Crippen molar-refractivity contribution in [1.82, 2.24) is 0 Å². The third-order valence-electron chi connectivity index (χ3n) is 1.35. The molecule has 0 bridgehead atoms. The largest absolute Gasteiger partial charge is 0.481 e. The van der Waals surface area contributed by atoms with Crippen molar-refractivity contribution in [3.63, 3.8) is 0 Å². The molecule has 4 heteroatoms. The molecule has 0 saturated heterocycles. The van der Waals surface area contributed by atoms with E-state index in [1.165, 1.54) is 6.92 Å². The van der Waals surface area contributed by atoms with Gasteiger partial charge < -0.3 is 14.9 Å². The lowest BCUT2D eigenvalue weighted by Gasteiger charge is -2.17. The average Bonchev–Trinajstić information content (AvgIpc) is 1.82. The number of allylic oxidation sites excluding steroid dienone is 1. The van der Waals surface area contributed by atoms with Gasteiger partial charge in [-0.1, -0.05) is 0 Å². The van der Waals surface area contributed by atoms with Gasteiger partial charge in [0.05, 0.1) is 12.0 Å². The molecule has 0 saturated carbocycles. The van der Waals surface area contributed by atoms with Crippen molar-refractivity contribution in [3.05, 3.63) is 11.5 Å². The zero-order chi connectivity index (χ0) is 7.72. The third-order valence-corrected chi connectivity index (χ3v) is 1.35. The molecule has 4 nitrogen and oxygen atoms in total. The SMILES string of the molecule is CC1=C(O)OC(O)CC1=O. The maximum absolute atomic E-state index is 10.8. The number of aliphatic hydroxyl groups excluding tert-OH is 2. The number of aliphatic hydroxyl groups is 2. The van der Waals surface area contributed by atoms with Crippen molar-refractivity contribution < 1.29 is 19.7 Å². The first kappa shape index (κ1) is 7.08. The van der Waals surface area contributed by atoms with Crippen LogP contribution < -0.4 is 0 Å². The summed E-state index contributed by atoms with van der Waals surface area (Å²) in [5.41, 5.74) is 0.172. The molecule has 0 aromatic heterocycles. The lowest BCUT2D eigenvalue weighted by Crippen LogP contribution is -2.24. The molecule has 0 amide bonds. The second-order valence-corrected chi connectivity index (χ2v) is 2.13. The highest BCUT2D eigenvalue weighted by molar-refractivity contribution is 5.95. The van der Waals surface area contributed by atoms with Crippen molar-refractivity contribution in [2.75, 3.05) is 0 Å². The molecular weight excluding hydrogens is 136 g/mol. The van der Waals surface area contributed by atoms with E-state index in [2.05, 4.69) is 4.74 Å². The Bertz CT molecular complexity index is 194. The molecule has 56 valence electrons. The predicted octanol–water partition coefficient (Wildman–Crippen LogP) is 0.0837. The van der Waals surface area contributed by atoms with Gasteiger partial charge in [-0.05, 0) is 6.92 Å². The summed E-state index contributed by atoms with van der Waals surface area (Å²) < 4.78 is 4.44. The molecule has 1 aliphatic rings. The van der Waals surface area contributed by atoms with Crippen LogP contribution in [-0.2, 0) is 9.53 Å². The summed E-state index contributed by atoms with van der Waals surface area (Å²) in [6, 6.07) is 0. The van der Waals surface area contributed by atoms with Crippen LogP contribution in [0.25, 0.3) is 0 Å². The Morgan fingerprint density at radius 2 is 2.30 bits per heavy atom. The minimum atomic E-state index is -1.18. The minimum Gasteiger partial charge on any atom is -0.481 e. The Balaban J connectivity index is 2.85. The van der Waals surface area contributed by atoms with Crippen LogP contribution in [0.15, 0.2) is 11.5 Å². The van der Waals surface area contributed by atoms with Crippen LogP contribution in [0, 0.1) is 0 Å². The summed E-state index contributed by atoms with van der Waals surface area (Å²) in [7, 11) is 0. The number of ether oxygens (including phenoxy) is 1. The predicted molar refractivity (Wildman–Crippen MR) is 32.0 cm³/mol. The molecule has 1 atom stereocenters. The topological polar surface area (TPSA) is 66.8 Å². The number of hydrogen-bond donors (Lipinski definition) is 2. The van der Waals surface area contributed by atoms with Crippen LogP contribution in [0.1, 0.15) is 13.3 Å². The standard InChI is InChI=1S/C6H8O4/c1-3-4(7)2-5(8)10-6(3)9/h5,8-9H,2H2,1H3. The molecule has 1 heterocycles. The number of rotatable bonds is 0. The van der Waals surface area contributed by atoms with Crippen LogP contribution in [0.2, 0.25) is 0 Å². The molecule has 0 aliphatic carbocycles. The summed E-state index contributed by atoms with van der Waals surface area (Å²) in [6.07, 6.45) is -1.26. The lowest BCUT2D eigenvalue weighted by molar-refractivity contribution is -0.142. The van der Waals surface area contributed by atoms with Gasteiger partial charge in [-0.3, -0.25) is 4.79 Å². The summed E-state index contributed by atoms with van der Waals surface area (Å²) in [4.78, 5) is 10.8. The second-order valence-electron chi connectivity index (χ2n) is 2.13. The Morgan fingerprint density at radius 3 is 2.80 bits per heavy atom. The van der Waals surface area contributed by atoms with E-state index in [-0.39, 0.29) is 17.8 Å². The normalized spacial score (nSPS) is 26.6. The van der Waals surface area contributed by atoms with E-state index in [1.54, 1.807) is 0 Å². The number of carbonyl (C=O) groups excluding carboxylic acids is 1. The maximum Gasteiger partial charge on any atom is 0.285 e. The van der Waals surface area contributed by atoms with Crippen LogP contribution in [-0.4, -0.2) is 22.3 Å². The van der Waals surface area contributed by atoms with Crippen LogP contribution in [0.3, 0.4) is 0 Å². The molecule has 1 aliphatic heterocycles. The Morgan fingerprint density at radius 1 is 1.70 bits per heavy atom. The van der Waals surface area contributed by atoms with Gasteiger partial charge in [0.15, 0.2) is 5.78 Å². The Kier molecular flexibility index (Phi) is 1.63. The summed E-state index contributed by atoms with van der Waals surface area (Å²) in [6.45, 7) is 1.45. The van der Waals surface area contributed by atoms with Gasteiger partial charge in [-0.2, -0.15) is 0 Å². The summed E-state index contributed by atoms with van der Waals surface area (Å²) in [5, 5.41) is 17.5. The Hall–Kier alpha value is -1.03. The summed E-state index contributed by atoms with van der Waals surface area (Å²) >= 11 is 0. The average molecular weight is 144 g/mol. The molecule has 0 fully saturated rings. The molecule has 0 spiro atoms. The van der Waals surface area contributed by atoms with E-state index >= 15 is 0 Å². The molecule has 10 heavy (non-hydrogen) atoms. The third kappa shape index (κ3) is 1.11. The monoisotopic (exact) mass is 144 g/mol. The molecule has 0 radical (unpaired) electrons. The molecule has 2 N–H and O–H groups in total. The molecular formula is C6H8O4. The van der Waals surface area contributed by atoms with E-state index in [0.29, 0.717) is 0 Å². The zero-order valence-electron chi connectivity index (χ0n) is 5.50. The van der Waals surface area contributed by atoms with Gasteiger partial charge in [0.1, 0.15) is 0 Å². The summed E-state index contributed by atoms with van der Waals surface area (Å²) in [5.74, 6) is -0.750. The lowest BCUT2D eigenvalue weighted by atomic mass is 10.1. The van der Waals surface area contributed by atoms with Gasteiger partial charge in [-0.25, -0.2) is 0 Å². The Labute approximate surface area is 57.7 Å². The van der Waals surface area contributed by atoms with Gasteiger partial charge in [0.2, 0.25) is 6.29 Å². The first-order valence-corrected chi connectivity index (χ1v) is 2.89. The quantitative estimate of drug-likeness (QED) is 0.505. The maximum atomic E-state index is 10.8. The smallest absolute Gasteiger partial charge is 0.285 e.